The van der Waals surface area contributed by atoms with Crippen LogP contribution < -0.4 is 14.8 Å². The van der Waals surface area contributed by atoms with Crippen molar-refractivity contribution in [2.75, 3.05) is 33.3 Å². The molecule has 1 N–H and O–H groups in total. The normalized spacial score (nSPS) is 17.5. The third kappa shape index (κ3) is 6.68. The van der Waals surface area contributed by atoms with Gasteiger partial charge in [-0.3, -0.25) is 4.90 Å². The van der Waals surface area contributed by atoms with Gasteiger partial charge in [-0.15, -0.1) is 38.0 Å². The first kappa shape index (κ1) is 25.1. The lowest BCUT2D eigenvalue weighted by Crippen LogP contribution is -2.46. The van der Waals surface area contributed by atoms with Gasteiger partial charge in [-0.25, -0.2) is 0 Å². The van der Waals surface area contributed by atoms with Crippen molar-refractivity contribution in [1.29, 1.82) is 0 Å². The monoisotopic (exact) mass is 418 g/mol. The Balaban J connectivity index is 0.00000312. The average molecular weight is 419 g/mol. The molecule has 4 nitrogen and oxygen atoms in total. The molecular formula is C17H27Cl2F3N2O2. The fourth-order valence-electron chi connectivity index (χ4n) is 3.18. The van der Waals surface area contributed by atoms with Crippen molar-refractivity contribution >= 4 is 24.8 Å². The lowest BCUT2D eigenvalue weighted by Gasteiger charge is -2.39. The van der Waals surface area contributed by atoms with E-state index >= 15 is 0 Å². The van der Waals surface area contributed by atoms with Gasteiger partial charge in [-0.1, -0.05) is 26.3 Å². The SMILES string of the molecule is CCC(C)[C@@H](c1ccc(OC(F)(F)F)cc1OC)N1CCNCC1.Cl.Cl. The van der Waals surface area contributed by atoms with Crippen molar-refractivity contribution < 1.29 is 22.6 Å². The molecule has 0 saturated carbocycles. The highest BCUT2D eigenvalue weighted by Gasteiger charge is 2.33. The summed E-state index contributed by atoms with van der Waals surface area (Å²) in [4.78, 5) is 2.37. The summed E-state index contributed by atoms with van der Waals surface area (Å²) in [5.74, 6) is 0.526. The zero-order chi connectivity index (χ0) is 17.7. The number of hydrogen-bond donors (Lipinski definition) is 1. The highest BCUT2D eigenvalue weighted by molar-refractivity contribution is 5.85. The van der Waals surface area contributed by atoms with Crippen LogP contribution in [0.5, 0.6) is 11.5 Å². The van der Waals surface area contributed by atoms with Gasteiger partial charge in [0.2, 0.25) is 0 Å². The van der Waals surface area contributed by atoms with Gasteiger partial charge < -0.3 is 14.8 Å². The number of halogens is 5. The summed E-state index contributed by atoms with van der Waals surface area (Å²) in [5, 5.41) is 3.32. The highest BCUT2D eigenvalue weighted by atomic mass is 35.5. The van der Waals surface area contributed by atoms with Crippen LogP contribution in [0, 0.1) is 5.92 Å². The van der Waals surface area contributed by atoms with E-state index in [1.54, 1.807) is 6.07 Å². The van der Waals surface area contributed by atoms with Gasteiger partial charge in [0, 0.05) is 43.9 Å². The molecule has 0 bridgehead atoms. The number of nitrogens with zero attached hydrogens (tertiary/aromatic N) is 1. The lowest BCUT2D eigenvalue weighted by molar-refractivity contribution is -0.274. The second-order valence-electron chi connectivity index (χ2n) is 6.07. The molecule has 1 aromatic rings. The molecule has 9 heteroatoms. The summed E-state index contributed by atoms with van der Waals surface area (Å²) >= 11 is 0. The van der Waals surface area contributed by atoms with Crippen molar-refractivity contribution in [3.05, 3.63) is 23.8 Å². The Morgan fingerprint density at radius 1 is 1.19 bits per heavy atom. The van der Waals surface area contributed by atoms with Gasteiger partial charge in [0.25, 0.3) is 0 Å². The standard InChI is InChI=1S/C17H25F3N2O2.2ClH/c1-4-12(2)16(22-9-7-21-8-10-22)14-6-5-13(11-15(14)23-3)24-17(18,19)20;;/h5-6,11-12,16,21H,4,7-10H2,1-3H3;2*1H/t12?,16-;;/m0../s1. The molecule has 1 aliphatic rings. The zero-order valence-corrected chi connectivity index (χ0v) is 16.8. The third-order valence-corrected chi connectivity index (χ3v) is 4.49. The summed E-state index contributed by atoms with van der Waals surface area (Å²) in [6, 6.07) is 4.48. The summed E-state index contributed by atoms with van der Waals surface area (Å²) in [7, 11) is 1.47. The smallest absolute Gasteiger partial charge is 0.496 e. The van der Waals surface area contributed by atoms with Gasteiger partial charge in [-0.2, -0.15) is 0 Å². The first-order valence-corrected chi connectivity index (χ1v) is 8.24. The minimum absolute atomic E-state index is 0. The van der Waals surface area contributed by atoms with Crippen LogP contribution in [0.3, 0.4) is 0 Å². The molecular weight excluding hydrogens is 392 g/mol. The Kier molecular flexibility index (Phi) is 10.7. The molecule has 0 aliphatic carbocycles. The van der Waals surface area contributed by atoms with Crippen molar-refractivity contribution in [3.63, 3.8) is 0 Å². The number of piperazine rings is 1. The molecule has 1 fully saturated rings. The molecule has 1 heterocycles. The molecule has 1 unspecified atom stereocenters. The first-order valence-electron chi connectivity index (χ1n) is 8.24. The Morgan fingerprint density at radius 2 is 1.81 bits per heavy atom. The maximum atomic E-state index is 12.4. The second kappa shape index (κ2) is 11.1. The van der Waals surface area contributed by atoms with Gasteiger partial charge in [0.15, 0.2) is 0 Å². The van der Waals surface area contributed by atoms with Crippen molar-refractivity contribution in [2.24, 2.45) is 5.92 Å². The summed E-state index contributed by atoms with van der Waals surface area (Å²) in [5.41, 5.74) is 0.906. The molecule has 0 aromatic heterocycles. The minimum atomic E-state index is -4.71. The average Bonchev–Trinajstić information content (AvgIpc) is 2.55. The predicted octanol–water partition coefficient (Wildman–Crippen LogP) is 4.43. The van der Waals surface area contributed by atoms with E-state index in [9.17, 15) is 13.2 Å². The van der Waals surface area contributed by atoms with Crippen LogP contribution in [-0.2, 0) is 0 Å². The largest absolute Gasteiger partial charge is 0.573 e. The van der Waals surface area contributed by atoms with Crippen molar-refractivity contribution in [3.8, 4) is 11.5 Å². The van der Waals surface area contributed by atoms with E-state index in [1.807, 2.05) is 0 Å². The molecule has 0 spiro atoms. The molecule has 152 valence electrons. The number of benzene rings is 1. The Bertz CT molecular complexity index is 541. The fourth-order valence-corrected chi connectivity index (χ4v) is 3.18. The molecule has 1 aromatic carbocycles. The number of hydrogen-bond acceptors (Lipinski definition) is 4. The summed E-state index contributed by atoms with van der Waals surface area (Å²) in [6.07, 6.45) is -3.74. The van der Waals surface area contributed by atoms with Crippen LogP contribution in [0.15, 0.2) is 18.2 Å². The van der Waals surface area contributed by atoms with Gasteiger partial charge in [0.1, 0.15) is 11.5 Å². The van der Waals surface area contributed by atoms with Crippen molar-refractivity contribution in [2.45, 2.75) is 32.7 Å². The minimum Gasteiger partial charge on any atom is -0.496 e. The number of nitrogens with one attached hydrogen (secondary N) is 1. The Labute approximate surface area is 165 Å². The number of alkyl halides is 3. The van der Waals surface area contributed by atoms with Crippen LogP contribution in [-0.4, -0.2) is 44.6 Å². The Morgan fingerprint density at radius 3 is 2.31 bits per heavy atom. The van der Waals surface area contributed by atoms with E-state index in [2.05, 4.69) is 28.8 Å². The molecule has 0 radical (unpaired) electrons. The van der Waals surface area contributed by atoms with E-state index in [-0.39, 0.29) is 36.6 Å². The van der Waals surface area contributed by atoms with E-state index in [0.717, 1.165) is 38.2 Å². The maximum Gasteiger partial charge on any atom is 0.573 e. The third-order valence-electron chi connectivity index (χ3n) is 4.49. The number of ether oxygens (including phenoxy) is 2. The van der Waals surface area contributed by atoms with Crippen LogP contribution in [0.1, 0.15) is 31.9 Å². The van der Waals surface area contributed by atoms with Gasteiger partial charge >= 0.3 is 6.36 Å². The molecule has 2 rings (SSSR count). The summed E-state index contributed by atoms with van der Waals surface area (Å²) in [6.45, 7) is 7.90. The second-order valence-corrected chi connectivity index (χ2v) is 6.07. The summed E-state index contributed by atoms with van der Waals surface area (Å²) < 4.78 is 46.7. The first-order chi connectivity index (χ1) is 11.4. The lowest BCUT2D eigenvalue weighted by atomic mass is 9.90. The van der Waals surface area contributed by atoms with Crippen LogP contribution in [0.4, 0.5) is 13.2 Å². The predicted molar refractivity (Wildman–Crippen MR) is 101 cm³/mol. The van der Waals surface area contributed by atoms with E-state index in [1.165, 1.54) is 19.2 Å². The van der Waals surface area contributed by atoms with Crippen LogP contribution in [0.2, 0.25) is 0 Å². The van der Waals surface area contributed by atoms with Crippen LogP contribution in [0.25, 0.3) is 0 Å². The van der Waals surface area contributed by atoms with Gasteiger partial charge in [0.05, 0.1) is 7.11 Å². The van der Waals surface area contributed by atoms with Crippen molar-refractivity contribution in [1.82, 2.24) is 10.2 Å². The van der Waals surface area contributed by atoms with E-state index < -0.39 is 6.36 Å². The van der Waals surface area contributed by atoms with E-state index in [4.69, 9.17) is 4.74 Å². The highest BCUT2D eigenvalue weighted by Crippen LogP contribution is 2.39. The fraction of sp³-hybridized carbons (Fsp3) is 0.647. The van der Waals surface area contributed by atoms with Gasteiger partial charge in [-0.05, 0) is 12.0 Å². The maximum absolute atomic E-state index is 12.4. The number of rotatable bonds is 6. The molecule has 1 saturated heterocycles. The topological polar surface area (TPSA) is 33.7 Å². The molecule has 2 atom stereocenters. The molecule has 0 amide bonds. The zero-order valence-electron chi connectivity index (χ0n) is 15.1. The van der Waals surface area contributed by atoms with E-state index in [0.29, 0.717) is 11.7 Å². The number of methoxy groups -OCH3 is 1. The Hall–Kier alpha value is -0.890. The molecule has 26 heavy (non-hydrogen) atoms. The molecule has 1 aliphatic heterocycles. The van der Waals surface area contributed by atoms with Crippen LogP contribution >= 0.6 is 24.8 Å². The quantitative estimate of drug-likeness (QED) is 0.740.